The molecule has 2 aromatic heterocycles. The molecule has 0 spiro atoms. The van der Waals surface area contributed by atoms with Gasteiger partial charge >= 0.3 is 12.4 Å². The molecule has 1 amide bonds. The van der Waals surface area contributed by atoms with Crippen molar-refractivity contribution in [1.29, 1.82) is 0 Å². The first-order valence-corrected chi connectivity index (χ1v) is 11.0. The van der Waals surface area contributed by atoms with Crippen molar-refractivity contribution in [2.45, 2.75) is 38.0 Å². The SMILES string of the molecule is CC(NC(=O)c1sc(C(O)CN(C)Cc2ccco2)nc1C(F)(F)F)c1cccc(C(F)(F)F)c1. The van der Waals surface area contributed by atoms with Gasteiger partial charge in [0.15, 0.2) is 5.69 Å². The molecule has 1 aromatic carbocycles. The summed E-state index contributed by atoms with van der Waals surface area (Å²) < 4.78 is 84.8. The molecule has 3 aromatic rings. The van der Waals surface area contributed by atoms with Crippen LogP contribution in [0, 0.1) is 0 Å². The molecule has 190 valence electrons. The molecule has 2 atom stereocenters. The number of thiazole rings is 1. The first-order chi connectivity index (χ1) is 16.3. The van der Waals surface area contributed by atoms with E-state index in [0.29, 0.717) is 17.1 Å². The lowest BCUT2D eigenvalue weighted by Crippen LogP contribution is -2.28. The van der Waals surface area contributed by atoms with Gasteiger partial charge in [-0.25, -0.2) is 4.98 Å². The van der Waals surface area contributed by atoms with E-state index in [-0.39, 0.29) is 23.7 Å². The van der Waals surface area contributed by atoms with Crippen LogP contribution in [0.2, 0.25) is 0 Å². The second-order valence-electron chi connectivity index (χ2n) is 7.84. The number of amides is 1. The van der Waals surface area contributed by atoms with Crippen molar-refractivity contribution in [2.24, 2.45) is 0 Å². The van der Waals surface area contributed by atoms with Crippen molar-refractivity contribution in [3.8, 4) is 0 Å². The minimum absolute atomic E-state index is 0.0612. The summed E-state index contributed by atoms with van der Waals surface area (Å²) in [6.45, 7) is 1.54. The number of aromatic nitrogens is 1. The Balaban J connectivity index is 1.78. The van der Waals surface area contributed by atoms with Crippen LogP contribution in [0.5, 0.6) is 0 Å². The summed E-state index contributed by atoms with van der Waals surface area (Å²) in [6.07, 6.45) is -9.57. The summed E-state index contributed by atoms with van der Waals surface area (Å²) in [7, 11) is 1.62. The highest BCUT2D eigenvalue weighted by Crippen LogP contribution is 2.37. The Labute approximate surface area is 200 Å². The molecule has 6 nitrogen and oxygen atoms in total. The third-order valence-corrected chi connectivity index (χ3v) is 6.11. The van der Waals surface area contributed by atoms with E-state index in [1.165, 1.54) is 19.3 Å². The van der Waals surface area contributed by atoms with Gasteiger partial charge in [0.25, 0.3) is 5.91 Å². The number of aliphatic hydroxyl groups is 1. The molecular weight excluding hydrogens is 500 g/mol. The molecule has 0 aliphatic rings. The van der Waals surface area contributed by atoms with Gasteiger partial charge < -0.3 is 14.8 Å². The highest BCUT2D eigenvalue weighted by Gasteiger charge is 2.40. The molecule has 0 fully saturated rings. The van der Waals surface area contributed by atoms with Gasteiger partial charge in [0.2, 0.25) is 0 Å². The average Bonchev–Trinajstić information content (AvgIpc) is 3.43. The number of nitrogens with zero attached hydrogens (tertiary/aromatic N) is 2. The van der Waals surface area contributed by atoms with Crippen LogP contribution in [-0.2, 0) is 18.9 Å². The smallest absolute Gasteiger partial charge is 0.435 e. The third kappa shape index (κ3) is 6.83. The monoisotopic (exact) mass is 521 g/mol. The van der Waals surface area contributed by atoms with Crippen molar-refractivity contribution < 1.29 is 40.7 Å². The van der Waals surface area contributed by atoms with Crippen molar-refractivity contribution in [2.75, 3.05) is 13.6 Å². The molecule has 2 unspecified atom stereocenters. The molecule has 35 heavy (non-hydrogen) atoms. The number of likely N-dealkylation sites (N-methyl/N-ethyl adjacent to an activating group) is 1. The Kier molecular flexibility index (Phi) is 7.92. The molecule has 13 heteroatoms. The van der Waals surface area contributed by atoms with Crippen molar-refractivity contribution in [1.82, 2.24) is 15.2 Å². The van der Waals surface area contributed by atoms with Crippen LogP contribution in [0.3, 0.4) is 0 Å². The second-order valence-corrected chi connectivity index (χ2v) is 8.87. The largest absolute Gasteiger partial charge is 0.468 e. The first kappa shape index (κ1) is 26.7. The number of aliphatic hydroxyl groups excluding tert-OH is 1. The normalized spacial score (nSPS) is 14.2. The number of carbonyl (C=O) groups is 1. The van der Waals surface area contributed by atoms with E-state index in [2.05, 4.69) is 10.3 Å². The number of halogens is 6. The van der Waals surface area contributed by atoms with E-state index in [9.17, 15) is 36.2 Å². The predicted octanol–water partition coefficient (Wildman–Crippen LogP) is 5.43. The van der Waals surface area contributed by atoms with Crippen LogP contribution in [0.1, 0.15) is 56.3 Å². The fourth-order valence-electron chi connectivity index (χ4n) is 3.26. The first-order valence-electron chi connectivity index (χ1n) is 10.2. The minimum atomic E-state index is -4.99. The molecular formula is C22H21F6N3O3S. The van der Waals surface area contributed by atoms with Gasteiger partial charge in [-0.05, 0) is 43.8 Å². The number of furan rings is 1. The molecule has 0 bridgehead atoms. The van der Waals surface area contributed by atoms with Crippen molar-refractivity contribution in [3.63, 3.8) is 0 Å². The Morgan fingerprint density at radius 1 is 1.17 bits per heavy atom. The van der Waals surface area contributed by atoms with Gasteiger partial charge in [-0.3, -0.25) is 9.69 Å². The highest BCUT2D eigenvalue weighted by atomic mass is 32.1. The Bertz CT molecular complexity index is 1140. The summed E-state index contributed by atoms with van der Waals surface area (Å²) in [5.41, 5.74) is -2.36. The molecule has 3 rings (SSSR count). The lowest BCUT2D eigenvalue weighted by Gasteiger charge is -2.18. The maximum Gasteiger partial charge on any atom is 0.435 e. The van der Waals surface area contributed by atoms with E-state index in [1.807, 2.05) is 0 Å². The summed E-state index contributed by atoms with van der Waals surface area (Å²) >= 11 is 0.374. The number of rotatable bonds is 8. The van der Waals surface area contributed by atoms with Crippen LogP contribution < -0.4 is 5.32 Å². The number of hydrogen-bond acceptors (Lipinski definition) is 6. The summed E-state index contributed by atoms with van der Waals surface area (Å²) in [4.78, 5) is 17.0. The van der Waals surface area contributed by atoms with Gasteiger partial charge in [-0.15, -0.1) is 11.3 Å². The second kappa shape index (κ2) is 10.4. The Morgan fingerprint density at radius 2 is 1.89 bits per heavy atom. The Morgan fingerprint density at radius 3 is 2.49 bits per heavy atom. The van der Waals surface area contributed by atoms with Crippen molar-refractivity contribution >= 4 is 17.2 Å². The molecule has 0 aliphatic carbocycles. The fourth-order valence-corrected chi connectivity index (χ4v) is 4.23. The number of benzene rings is 1. The molecule has 0 radical (unpaired) electrons. The summed E-state index contributed by atoms with van der Waals surface area (Å²) in [5, 5.41) is 12.4. The summed E-state index contributed by atoms with van der Waals surface area (Å²) in [6, 6.07) is 6.46. The molecule has 2 heterocycles. The zero-order valence-electron chi connectivity index (χ0n) is 18.4. The topological polar surface area (TPSA) is 78.6 Å². The van der Waals surface area contributed by atoms with Gasteiger partial charge in [0.1, 0.15) is 21.7 Å². The Hall–Kier alpha value is -2.90. The zero-order valence-corrected chi connectivity index (χ0v) is 19.3. The third-order valence-electron chi connectivity index (χ3n) is 4.96. The van der Waals surface area contributed by atoms with Crippen LogP contribution in [0.15, 0.2) is 47.1 Å². The van der Waals surface area contributed by atoms with Gasteiger partial charge in [-0.2, -0.15) is 26.3 Å². The van der Waals surface area contributed by atoms with E-state index in [4.69, 9.17) is 4.42 Å². The average molecular weight is 521 g/mol. The number of alkyl halides is 6. The minimum Gasteiger partial charge on any atom is -0.468 e. The van der Waals surface area contributed by atoms with Gasteiger partial charge in [-0.1, -0.05) is 12.1 Å². The van der Waals surface area contributed by atoms with E-state index in [0.717, 1.165) is 18.2 Å². The lowest BCUT2D eigenvalue weighted by molar-refractivity contribution is -0.141. The zero-order chi connectivity index (χ0) is 26.0. The fraction of sp³-hybridized carbons (Fsp3) is 0.364. The quantitative estimate of drug-likeness (QED) is 0.387. The molecule has 2 N–H and O–H groups in total. The molecule has 0 saturated carbocycles. The van der Waals surface area contributed by atoms with Crippen LogP contribution >= 0.6 is 11.3 Å². The molecule has 0 aliphatic heterocycles. The van der Waals surface area contributed by atoms with Crippen LogP contribution in [0.25, 0.3) is 0 Å². The van der Waals surface area contributed by atoms with Crippen molar-refractivity contribution in [3.05, 3.63) is 75.1 Å². The van der Waals surface area contributed by atoms with E-state index in [1.54, 1.807) is 24.1 Å². The van der Waals surface area contributed by atoms with E-state index < -0.39 is 46.5 Å². The van der Waals surface area contributed by atoms with Gasteiger partial charge in [0, 0.05) is 6.54 Å². The summed E-state index contributed by atoms with van der Waals surface area (Å²) in [5.74, 6) is -0.583. The molecule has 0 saturated heterocycles. The standard InChI is InChI=1S/C22H21F6N3O3S/c1-12(13-5-3-6-14(9-13)21(23,24)25)29-19(33)17-18(22(26,27)28)30-20(35-17)16(32)11-31(2)10-15-7-4-8-34-15/h3-9,12,16,32H,10-11H2,1-2H3,(H,29,33). The number of nitrogens with one attached hydrogen (secondary N) is 1. The predicted molar refractivity (Wildman–Crippen MR) is 114 cm³/mol. The van der Waals surface area contributed by atoms with Crippen LogP contribution in [0.4, 0.5) is 26.3 Å². The number of carbonyl (C=O) groups excluding carboxylic acids is 1. The van der Waals surface area contributed by atoms with E-state index >= 15 is 0 Å². The lowest BCUT2D eigenvalue weighted by atomic mass is 10.0. The van der Waals surface area contributed by atoms with Gasteiger partial charge in [0.05, 0.1) is 24.4 Å². The maximum atomic E-state index is 13.6. The van der Waals surface area contributed by atoms with Crippen LogP contribution in [-0.4, -0.2) is 34.5 Å². The maximum absolute atomic E-state index is 13.6. The number of hydrogen-bond donors (Lipinski definition) is 2. The highest BCUT2D eigenvalue weighted by molar-refractivity contribution is 7.13.